The van der Waals surface area contributed by atoms with E-state index in [1.807, 2.05) is 70.9 Å². The monoisotopic (exact) mass is 692 g/mol. The van der Waals surface area contributed by atoms with Crippen molar-refractivity contribution in [1.82, 2.24) is 14.8 Å². The quantitative estimate of drug-likeness (QED) is 0.117. The van der Waals surface area contributed by atoms with E-state index in [1.54, 1.807) is 21.3 Å². The number of para-hydroxylation sites is 2. The van der Waals surface area contributed by atoms with Crippen LogP contribution >= 0.6 is 11.3 Å². The van der Waals surface area contributed by atoms with Gasteiger partial charge in [0.15, 0.2) is 11.5 Å². The Bertz CT molecular complexity index is 1820. The number of methoxy groups -OCH3 is 3. The van der Waals surface area contributed by atoms with E-state index in [9.17, 15) is 4.79 Å². The number of aromatic nitrogens is 1. The number of benzene rings is 4. The number of carbonyl (C=O) groups is 1. The minimum atomic E-state index is -0.0184. The van der Waals surface area contributed by atoms with Crippen molar-refractivity contribution in [2.24, 2.45) is 0 Å². The lowest BCUT2D eigenvalue weighted by atomic mass is 10.1. The van der Waals surface area contributed by atoms with Gasteiger partial charge in [-0.1, -0.05) is 60.7 Å². The van der Waals surface area contributed by atoms with Gasteiger partial charge in [-0.25, -0.2) is 4.98 Å². The van der Waals surface area contributed by atoms with Crippen molar-refractivity contribution in [3.63, 3.8) is 0 Å². The molecule has 1 aliphatic rings. The second kappa shape index (κ2) is 17.0. The third-order valence-electron chi connectivity index (χ3n) is 8.86. The summed E-state index contributed by atoms with van der Waals surface area (Å²) in [5.41, 5.74) is 5.02. The molecule has 9 nitrogen and oxygen atoms in total. The molecule has 1 fully saturated rings. The fraction of sp³-hybridized carbons (Fsp3) is 0.300. The number of carbonyl (C=O) groups excluding carboxylic acids is 1. The summed E-state index contributed by atoms with van der Waals surface area (Å²) >= 11 is 1.54. The van der Waals surface area contributed by atoms with Crippen LogP contribution in [0.2, 0.25) is 0 Å². The Hall–Kier alpha value is -5.06. The molecule has 4 aromatic carbocycles. The van der Waals surface area contributed by atoms with Crippen LogP contribution in [0.3, 0.4) is 0 Å². The van der Waals surface area contributed by atoms with E-state index < -0.39 is 0 Å². The van der Waals surface area contributed by atoms with Gasteiger partial charge in [0.1, 0.15) is 28.8 Å². The van der Waals surface area contributed by atoms with Crippen LogP contribution in [-0.2, 0) is 26.1 Å². The molecular weight excluding hydrogens is 649 g/mol. The zero-order valence-electron chi connectivity index (χ0n) is 28.9. The smallest absolute Gasteiger partial charge is 0.273 e. The lowest BCUT2D eigenvalue weighted by molar-refractivity contribution is 0.0741. The number of ether oxygens (including phenoxy) is 4. The van der Waals surface area contributed by atoms with Crippen molar-refractivity contribution in [1.29, 1.82) is 0 Å². The van der Waals surface area contributed by atoms with Crippen molar-refractivity contribution in [2.75, 3.05) is 59.0 Å². The summed E-state index contributed by atoms with van der Waals surface area (Å²) in [5, 5.41) is 2.81. The largest absolute Gasteiger partial charge is 0.495 e. The van der Waals surface area contributed by atoms with Crippen LogP contribution in [0.1, 0.15) is 32.2 Å². The average Bonchev–Trinajstić information content (AvgIpc) is 3.65. The van der Waals surface area contributed by atoms with E-state index in [-0.39, 0.29) is 5.91 Å². The zero-order valence-corrected chi connectivity index (χ0v) is 29.7. The molecule has 260 valence electrons. The first-order valence-electron chi connectivity index (χ1n) is 16.8. The Morgan fingerprint density at radius 3 is 2.18 bits per heavy atom. The molecular formula is C40H44N4O5S. The lowest BCUT2D eigenvalue weighted by Gasteiger charge is -2.36. The highest BCUT2D eigenvalue weighted by atomic mass is 32.1. The van der Waals surface area contributed by atoms with E-state index in [4.69, 9.17) is 23.9 Å². The normalized spacial score (nSPS) is 13.0. The first kappa shape index (κ1) is 34.8. The van der Waals surface area contributed by atoms with Gasteiger partial charge >= 0.3 is 0 Å². The highest BCUT2D eigenvalue weighted by Crippen LogP contribution is 2.30. The lowest BCUT2D eigenvalue weighted by Crippen LogP contribution is -2.49. The molecule has 50 heavy (non-hydrogen) atoms. The van der Waals surface area contributed by atoms with Gasteiger partial charge in [0.25, 0.3) is 5.91 Å². The molecule has 0 atom stereocenters. The van der Waals surface area contributed by atoms with E-state index in [0.717, 1.165) is 71.7 Å². The molecule has 1 amide bonds. The van der Waals surface area contributed by atoms with Crippen LogP contribution in [0.15, 0.2) is 102 Å². The maximum absolute atomic E-state index is 13.5. The summed E-state index contributed by atoms with van der Waals surface area (Å²) in [4.78, 5) is 24.9. The third-order valence-corrected chi connectivity index (χ3v) is 9.70. The van der Waals surface area contributed by atoms with E-state index >= 15 is 0 Å². The average molecular weight is 693 g/mol. The molecule has 1 aliphatic heterocycles. The van der Waals surface area contributed by atoms with Gasteiger partial charge in [0, 0.05) is 44.6 Å². The van der Waals surface area contributed by atoms with Gasteiger partial charge in [0.2, 0.25) is 0 Å². The van der Waals surface area contributed by atoms with Crippen LogP contribution in [0.5, 0.6) is 23.0 Å². The Balaban J connectivity index is 1.10. The molecule has 6 rings (SSSR count). The van der Waals surface area contributed by atoms with Gasteiger partial charge in [-0.05, 0) is 59.5 Å². The number of thiazole rings is 1. The van der Waals surface area contributed by atoms with Gasteiger partial charge < -0.3 is 28.7 Å². The molecule has 10 heteroatoms. The highest BCUT2D eigenvalue weighted by Gasteiger charge is 2.25. The third kappa shape index (κ3) is 8.94. The highest BCUT2D eigenvalue weighted by molar-refractivity contribution is 7.09. The van der Waals surface area contributed by atoms with Gasteiger partial charge in [0.05, 0.1) is 33.6 Å². The molecule has 0 radical (unpaired) electrons. The van der Waals surface area contributed by atoms with Crippen molar-refractivity contribution in [2.45, 2.75) is 26.1 Å². The maximum atomic E-state index is 13.5. The number of hydrogen-bond acceptors (Lipinski definition) is 9. The summed E-state index contributed by atoms with van der Waals surface area (Å²) in [6.07, 6.45) is 0.812. The Labute approximate surface area is 298 Å². The summed E-state index contributed by atoms with van der Waals surface area (Å²) in [7, 11) is 4.99. The van der Waals surface area contributed by atoms with E-state index in [1.165, 1.54) is 16.9 Å². The van der Waals surface area contributed by atoms with Gasteiger partial charge in [-0.3, -0.25) is 9.69 Å². The number of piperazine rings is 1. The first-order chi connectivity index (χ1) is 24.5. The number of rotatable bonds is 15. The van der Waals surface area contributed by atoms with Crippen LogP contribution in [-0.4, -0.2) is 74.7 Å². The zero-order chi connectivity index (χ0) is 34.7. The molecule has 0 spiro atoms. The molecule has 0 bridgehead atoms. The Morgan fingerprint density at radius 1 is 0.740 bits per heavy atom. The van der Waals surface area contributed by atoms with Crippen molar-refractivity contribution >= 4 is 22.9 Å². The molecule has 0 aliphatic carbocycles. The molecule has 1 saturated heterocycles. The first-order valence-corrected chi connectivity index (χ1v) is 17.7. The van der Waals surface area contributed by atoms with E-state index in [0.29, 0.717) is 37.7 Å². The number of hydrogen-bond donors (Lipinski definition) is 0. The van der Waals surface area contributed by atoms with Crippen molar-refractivity contribution < 1.29 is 23.7 Å². The molecule has 1 aromatic heterocycles. The standard InChI is InChI=1S/C40H44N4O5S/c1-46-36-12-8-7-11-35(36)43-21-23-44(24-22-43)40(45)34-29-50-39(41-34)27-42(20-19-30-15-18-37(47-2)38(25-30)48-3)26-31-13-16-33(17-14-31)49-28-32-9-5-4-6-10-32/h4-18,25,29H,19-24,26-28H2,1-3H3. The summed E-state index contributed by atoms with van der Waals surface area (Å²) < 4.78 is 22.6. The van der Waals surface area contributed by atoms with Crippen molar-refractivity contribution in [3.8, 4) is 23.0 Å². The van der Waals surface area contributed by atoms with Crippen LogP contribution in [0.25, 0.3) is 0 Å². The van der Waals surface area contributed by atoms with Gasteiger partial charge in [-0.2, -0.15) is 0 Å². The Morgan fingerprint density at radius 2 is 1.44 bits per heavy atom. The fourth-order valence-electron chi connectivity index (χ4n) is 6.10. The minimum Gasteiger partial charge on any atom is -0.495 e. The molecule has 0 unspecified atom stereocenters. The number of nitrogens with zero attached hydrogens (tertiary/aromatic N) is 4. The number of amides is 1. The summed E-state index contributed by atoms with van der Waals surface area (Å²) in [5.74, 6) is 3.09. The molecule has 2 heterocycles. The Kier molecular flexibility index (Phi) is 11.9. The predicted molar refractivity (Wildman–Crippen MR) is 198 cm³/mol. The summed E-state index contributed by atoms with van der Waals surface area (Å²) in [6.45, 7) is 5.40. The van der Waals surface area contributed by atoms with Crippen molar-refractivity contribution in [3.05, 3.63) is 130 Å². The molecule has 0 saturated carbocycles. The molecule has 5 aromatic rings. The predicted octanol–water partition coefficient (Wildman–Crippen LogP) is 6.96. The maximum Gasteiger partial charge on any atom is 0.273 e. The minimum absolute atomic E-state index is 0.0184. The van der Waals surface area contributed by atoms with Crippen LogP contribution in [0.4, 0.5) is 5.69 Å². The summed E-state index contributed by atoms with van der Waals surface area (Å²) in [6, 6.07) is 32.5. The second-order valence-corrected chi connectivity index (χ2v) is 13.1. The van der Waals surface area contributed by atoms with Gasteiger partial charge in [-0.15, -0.1) is 11.3 Å². The van der Waals surface area contributed by atoms with Crippen LogP contribution < -0.4 is 23.8 Å². The fourth-order valence-corrected chi connectivity index (χ4v) is 6.91. The number of anilines is 1. The van der Waals surface area contributed by atoms with Crippen LogP contribution in [0, 0.1) is 0 Å². The SMILES string of the molecule is COc1ccc(CCN(Cc2ccc(OCc3ccccc3)cc2)Cc2nc(C(=O)N3CCN(c4ccccc4OC)CC3)cs2)cc1OC. The topological polar surface area (TPSA) is 76.6 Å². The van der Waals surface area contributed by atoms with E-state index in [2.05, 4.69) is 46.2 Å². The molecule has 0 N–H and O–H groups in total. The second-order valence-electron chi connectivity index (χ2n) is 12.1.